The molecule has 170 valence electrons. The lowest BCUT2D eigenvalue weighted by Gasteiger charge is -2.36. The van der Waals surface area contributed by atoms with Crippen molar-refractivity contribution in [1.82, 2.24) is 9.80 Å². The molecule has 2 aromatic rings. The molecular formula is C24H29N3O4S. The first-order valence-electron chi connectivity index (χ1n) is 10.9. The van der Waals surface area contributed by atoms with Gasteiger partial charge in [0.2, 0.25) is 11.8 Å². The van der Waals surface area contributed by atoms with Crippen molar-refractivity contribution in [3.63, 3.8) is 0 Å². The first-order chi connectivity index (χ1) is 15.2. The van der Waals surface area contributed by atoms with Gasteiger partial charge < -0.3 is 9.80 Å². The van der Waals surface area contributed by atoms with Crippen molar-refractivity contribution in [2.75, 3.05) is 37.6 Å². The summed E-state index contributed by atoms with van der Waals surface area (Å²) >= 11 is 0. The normalized spacial score (nSPS) is 20.5. The van der Waals surface area contributed by atoms with E-state index in [-0.39, 0.29) is 29.7 Å². The van der Waals surface area contributed by atoms with E-state index in [2.05, 4.69) is 17.0 Å². The molecule has 7 nitrogen and oxygen atoms in total. The summed E-state index contributed by atoms with van der Waals surface area (Å²) in [6, 6.07) is 16.7. The molecule has 2 aromatic carbocycles. The van der Waals surface area contributed by atoms with E-state index in [4.69, 9.17) is 0 Å². The smallest absolute Gasteiger partial charge is 0.242 e. The topological polar surface area (TPSA) is 78.0 Å². The average Bonchev–Trinajstić information content (AvgIpc) is 2.82. The number of benzene rings is 2. The number of para-hydroxylation sites is 1. The van der Waals surface area contributed by atoms with Crippen LogP contribution in [-0.2, 0) is 26.0 Å². The minimum atomic E-state index is -3.71. The van der Waals surface area contributed by atoms with Gasteiger partial charge in [0.05, 0.1) is 15.3 Å². The van der Waals surface area contributed by atoms with E-state index in [9.17, 15) is 18.0 Å². The van der Waals surface area contributed by atoms with Crippen molar-refractivity contribution in [3.05, 3.63) is 60.2 Å². The lowest BCUT2D eigenvalue weighted by atomic mass is 10.1. The molecule has 2 amide bonds. The summed E-state index contributed by atoms with van der Waals surface area (Å²) < 4.78 is 25.0. The number of nitrogens with zero attached hydrogens (tertiary/aromatic N) is 3. The van der Waals surface area contributed by atoms with Crippen LogP contribution in [0.3, 0.4) is 0 Å². The molecule has 0 aromatic heterocycles. The number of hydrogen-bond acceptors (Lipinski definition) is 5. The zero-order valence-corrected chi connectivity index (χ0v) is 19.3. The third-order valence-corrected chi connectivity index (χ3v) is 8.84. The van der Waals surface area contributed by atoms with Gasteiger partial charge in [-0.15, -0.1) is 0 Å². The third kappa shape index (κ3) is 4.29. The SMILES string of the molecule is CC1(C)CC(=O)N(CC(=O)N2CCN(Cc3ccccc3)CC2)c2ccccc2S1(=O)=O. The van der Waals surface area contributed by atoms with Gasteiger partial charge >= 0.3 is 0 Å². The summed E-state index contributed by atoms with van der Waals surface area (Å²) in [5.74, 6) is -0.510. The minimum Gasteiger partial charge on any atom is -0.339 e. The fourth-order valence-electron chi connectivity index (χ4n) is 4.30. The van der Waals surface area contributed by atoms with Gasteiger partial charge in [0.15, 0.2) is 9.84 Å². The highest BCUT2D eigenvalue weighted by atomic mass is 32.2. The van der Waals surface area contributed by atoms with Gasteiger partial charge in [0.25, 0.3) is 0 Å². The molecule has 2 aliphatic rings. The second-order valence-corrected chi connectivity index (χ2v) is 11.6. The van der Waals surface area contributed by atoms with Crippen molar-refractivity contribution in [2.24, 2.45) is 0 Å². The number of rotatable bonds is 4. The first kappa shape index (κ1) is 22.5. The van der Waals surface area contributed by atoms with Crippen LogP contribution in [0, 0.1) is 0 Å². The van der Waals surface area contributed by atoms with E-state index in [1.165, 1.54) is 16.5 Å². The molecule has 2 heterocycles. The molecule has 0 N–H and O–H groups in total. The summed E-state index contributed by atoms with van der Waals surface area (Å²) in [6.45, 7) is 6.49. The number of carbonyl (C=O) groups excluding carboxylic acids is 2. The highest BCUT2D eigenvalue weighted by Gasteiger charge is 2.44. The van der Waals surface area contributed by atoms with Crippen LogP contribution in [0.15, 0.2) is 59.5 Å². The third-order valence-electron chi connectivity index (χ3n) is 6.32. The van der Waals surface area contributed by atoms with E-state index in [1.807, 2.05) is 18.2 Å². The zero-order valence-electron chi connectivity index (χ0n) is 18.5. The Morgan fingerprint density at radius 3 is 2.25 bits per heavy atom. The van der Waals surface area contributed by atoms with E-state index in [1.54, 1.807) is 36.9 Å². The van der Waals surface area contributed by atoms with Gasteiger partial charge in [-0.2, -0.15) is 0 Å². The number of anilines is 1. The summed E-state index contributed by atoms with van der Waals surface area (Å²) in [4.78, 5) is 31.6. The molecule has 0 aliphatic carbocycles. The molecule has 0 unspecified atom stereocenters. The summed E-state index contributed by atoms with van der Waals surface area (Å²) in [5, 5.41) is 0. The van der Waals surface area contributed by atoms with Crippen molar-refractivity contribution < 1.29 is 18.0 Å². The quantitative estimate of drug-likeness (QED) is 0.707. The Kier molecular flexibility index (Phi) is 6.09. The average molecular weight is 456 g/mol. The van der Waals surface area contributed by atoms with E-state index in [0.717, 1.165) is 19.6 Å². The van der Waals surface area contributed by atoms with Crippen molar-refractivity contribution in [3.8, 4) is 0 Å². The molecule has 0 bridgehead atoms. The first-order valence-corrected chi connectivity index (χ1v) is 12.4. The van der Waals surface area contributed by atoms with Crippen LogP contribution in [-0.4, -0.2) is 67.5 Å². The van der Waals surface area contributed by atoms with Crippen molar-refractivity contribution in [1.29, 1.82) is 0 Å². The van der Waals surface area contributed by atoms with Gasteiger partial charge in [-0.05, 0) is 31.5 Å². The van der Waals surface area contributed by atoms with Crippen LogP contribution in [0.4, 0.5) is 5.69 Å². The van der Waals surface area contributed by atoms with Gasteiger partial charge in [-0.25, -0.2) is 8.42 Å². The largest absolute Gasteiger partial charge is 0.339 e. The predicted molar refractivity (Wildman–Crippen MR) is 123 cm³/mol. The van der Waals surface area contributed by atoms with Crippen LogP contribution in [0.5, 0.6) is 0 Å². The zero-order chi connectivity index (χ0) is 22.9. The highest BCUT2D eigenvalue weighted by molar-refractivity contribution is 7.93. The Morgan fingerprint density at radius 2 is 1.56 bits per heavy atom. The molecule has 8 heteroatoms. The Morgan fingerprint density at radius 1 is 0.938 bits per heavy atom. The van der Waals surface area contributed by atoms with Crippen LogP contribution < -0.4 is 4.90 Å². The fourth-order valence-corrected chi connectivity index (χ4v) is 5.92. The summed E-state index contributed by atoms with van der Waals surface area (Å²) in [6.07, 6.45) is -0.165. The van der Waals surface area contributed by atoms with Crippen LogP contribution in [0.25, 0.3) is 0 Å². The van der Waals surface area contributed by atoms with Gasteiger partial charge in [-0.1, -0.05) is 42.5 Å². The second kappa shape index (κ2) is 8.67. The van der Waals surface area contributed by atoms with Gasteiger partial charge in [0.1, 0.15) is 6.54 Å². The number of carbonyl (C=O) groups is 2. The lowest BCUT2D eigenvalue weighted by molar-refractivity contribution is -0.133. The van der Waals surface area contributed by atoms with E-state index >= 15 is 0 Å². The number of fused-ring (bicyclic) bond motifs is 1. The second-order valence-electron chi connectivity index (χ2n) is 9.03. The van der Waals surface area contributed by atoms with E-state index < -0.39 is 14.6 Å². The molecule has 2 aliphatic heterocycles. The maximum absolute atomic E-state index is 13.1. The predicted octanol–water partition coefficient (Wildman–Crippen LogP) is 2.32. The summed E-state index contributed by atoms with van der Waals surface area (Å²) in [5.41, 5.74) is 1.53. The van der Waals surface area contributed by atoms with Crippen LogP contribution in [0.1, 0.15) is 25.8 Å². The maximum atomic E-state index is 13.1. The van der Waals surface area contributed by atoms with Gasteiger partial charge in [-0.3, -0.25) is 14.5 Å². The standard InChI is InChI=1S/C24H29N3O4S/c1-24(2)16-22(28)27(20-10-6-7-11-21(20)32(24,30)31)18-23(29)26-14-12-25(13-15-26)17-19-8-4-3-5-9-19/h3-11H,12-18H2,1-2H3. The number of hydrogen-bond donors (Lipinski definition) is 0. The molecule has 1 fully saturated rings. The molecule has 32 heavy (non-hydrogen) atoms. The Balaban J connectivity index is 1.47. The van der Waals surface area contributed by atoms with Gasteiger partial charge in [0, 0.05) is 39.1 Å². The Labute approximate surface area is 189 Å². The number of piperazine rings is 1. The Bertz CT molecular complexity index is 1110. The lowest BCUT2D eigenvalue weighted by Crippen LogP contribution is -2.51. The number of amides is 2. The minimum absolute atomic E-state index is 0.108. The maximum Gasteiger partial charge on any atom is 0.242 e. The molecule has 0 saturated carbocycles. The molecule has 1 saturated heterocycles. The molecule has 4 rings (SSSR count). The van der Waals surface area contributed by atoms with Crippen LogP contribution >= 0.6 is 0 Å². The van der Waals surface area contributed by atoms with Crippen molar-refractivity contribution in [2.45, 2.75) is 36.5 Å². The van der Waals surface area contributed by atoms with E-state index in [0.29, 0.717) is 18.8 Å². The molecule has 0 atom stereocenters. The fraction of sp³-hybridized carbons (Fsp3) is 0.417. The van der Waals surface area contributed by atoms with Crippen molar-refractivity contribution >= 4 is 27.3 Å². The summed E-state index contributed by atoms with van der Waals surface area (Å²) in [7, 11) is -3.71. The number of sulfone groups is 1. The molecule has 0 spiro atoms. The monoisotopic (exact) mass is 455 g/mol. The molecule has 0 radical (unpaired) electrons. The van der Waals surface area contributed by atoms with Crippen LogP contribution in [0.2, 0.25) is 0 Å². The molecular weight excluding hydrogens is 426 g/mol. The Hall–Kier alpha value is -2.71. The highest BCUT2D eigenvalue weighted by Crippen LogP contribution is 2.38.